The summed E-state index contributed by atoms with van der Waals surface area (Å²) < 4.78 is 4.60. The van der Waals surface area contributed by atoms with Crippen LogP contribution in [-0.2, 0) is 9.53 Å². The molecule has 1 heterocycles. The van der Waals surface area contributed by atoms with Crippen LogP contribution in [0.5, 0.6) is 0 Å². The zero-order valence-electron chi connectivity index (χ0n) is 18.4. The number of esters is 1. The molecule has 2 rings (SSSR count). The van der Waals surface area contributed by atoms with Crippen molar-refractivity contribution in [3.8, 4) is 0 Å². The number of pyridine rings is 1. The summed E-state index contributed by atoms with van der Waals surface area (Å²) in [6, 6.07) is 10.1. The van der Waals surface area contributed by atoms with Gasteiger partial charge in [-0.3, -0.25) is 9.78 Å². The van der Waals surface area contributed by atoms with Gasteiger partial charge in [-0.2, -0.15) is 0 Å². The van der Waals surface area contributed by atoms with Gasteiger partial charge in [0.25, 0.3) is 0 Å². The van der Waals surface area contributed by atoms with Crippen LogP contribution < -0.4 is 0 Å². The molecule has 0 aliphatic heterocycles. The summed E-state index contributed by atoms with van der Waals surface area (Å²) in [6.07, 6.45) is 7.21. The van der Waals surface area contributed by atoms with E-state index in [1.807, 2.05) is 30.3 Å². The zero-order valence-corrected chi connectivity index (χ0v) is 18.4. The summed E-state index contributed by atoms with van der Waals surface area (Å²) in [7, 11) is 1.34. The number of hydrogen-bond acceptors (Lipinski definition) is 5. The van der Waals surface area contributed by atoms with Crippen molar-refractivity contribution in [3.05, 3.63) is 47.7 Å². The van der Waals surface area contributed by atoms with Gasteiger partial charge < -0.3 is 14.9 Å². The van der Waals surface area contributed by atoms with Gasteiger partial charge >= 0.3 is 5.97 Å². The maximum absolute atomic E-state index is 11.2. The average Bonchev–Trinajstić information content (AvgIpc) is 2.76. The van der Waals surface area contributed by atoms with Gasteiger partial charge in [0, 0.05) is 11.8 Å². The average molecular weight is 414 g/mol. The van der Waals surface area contributed by atoms with E-state index in [0.29, 0.717) is 18.8 Å². The third-order valence-corrected chi connectivity index (χ3v) is 5.47. The van der Waals surface area contributed by atoms with Crippen LogP contribution in [0, 0.1) is 0 Å². The number of carbonyl (C=O) groups excluding carboxylic acids is 1. The number of benzene rings is 1. The number of aliphatic hydroxyl groups excluding tert-OH is 2. The van der Waals surface area contributed by atoms with Crippen molar-refractivity contribution in [2.75, 3.05) is 7.11 Å². The van der Waals surface area contributed by atoms with Gasteiger partial charge in [0.2, 0.25) is 0 Å². The van der Waals surface area contributed by atoms with Crippen LogP contribution in [0.25, 0.3) is 17.0 Å². The molecular weight excluding hydrogens is 378 g/mol. The molecule has 5 nitrogen and oxygen atoms in total. The number of aromatic nitrogens is 1. The molecule has 5 heteroatoms. The van der Waals surface area contributed by atoms with Crippen molar-refractivity contribution in [1.82, 2.24) is 4.98 Å². The largest absolute Gasteiger partial charge is 0.469 e. The number of methoxy groups -OCH3 is 1. The second kappa shape index (κ2) is 12.5. The van der Waals surface area contributed by atoms with Crippen molar-refractivity contribution in [2.24, 2.45) is 0 Å². The van der Waals surface area contributed by atoms with Crippen LogP contribution in [-0.4, -0.2) is 40.5 Å². The molecule has 1 aromatic carbocycles. The lowest BCUT2D eigenvalue weighted by atomic mass is 9.94. The molecule has 0 unspecified atom stereocenters. The van der Waals surface area contributed by atoms with Crippen LogP contribution >= 0.6 is 0 Å². The first-order valence-electron chi connectivity index (χ1n) is 11.0. The Labute approximate surface area is 179 Å². The first kappa shape index (κ1) is 24.0. The van der Waals surface area contributed by atoms with Gasteiger partial charge in [-0.1, -0.05) is 63.5 Å². The van der Waals surface area contributed by atoms with Gasteiger partial charge in [-0.25, -0.2) is 0 Å². The monoisotopic (exact) mass is 413 g/mol. The van der Waals surface area contributed by atoms with Crippen molar-refractivity contribution in [2.45, 2.75) is 76.9 Å². The van der Waals surface area contributed by atoms with Crippen LogP contribution in [0.1, 0.15) is 76.0 Å². The minimum Gasteiger partial charge on any atom is -0.469 e. The van der Waals surface area contributed by atoms with Crippen molar-refractivity contribution < 1.29 is 19.7 Å². The minimum atomic E-state index is -1.00. The first-order valence-corrected chi connectivity index (χ1v) is 11.0. The zero-order chi connectivity index (χ0) is 21.9. The predicted octanol–water partition coefficient (Wildman–Crippen LogP) is 5.00. The SMILES string of the molecule is CCCCC[C@H](C)c1nc2ccccc2cc1/C=C/[C@@H](O)[C@@H](O)CCCC(=O)OC. The highest BCUT2D eigenvalue weighted by Gasteiger charge is 2.16. The fourth-order valence-electron chi connectivity index (χ4n) is 3.57. The van der Waals surface area contributed by atoms with Crippen LogP contribution in [0.2, 0.25) is 0 Å². The molecule has 0 aliphatic rings. The molecule has 0 bridgehead atoms. The maximum atomic E-state index is 11.2. The lowest BCUT2D eigenvalue weighted by Crippen LogP contribution is -2.23. The van der Waals surface area contributed by atoms with Crippen LogP contribution in [0.4, 0.5) is 0 Å². The molecule has 0 saturated carbocycles. The van der Waals surface area contributed by atoms with E-state index in [9.17, 15) is 15.0 Å². The van der Waals surface area contributed by atoms with Crippen molar-refractivity contribution in [1.29, 1.82) is 0 Å². The number of hydrogen-bond donors (Lipinski definition) is 2. The van der Waals surface area contributed by atoms with E-state index in [1.165, 1.54) is 20.0 Å². The smallest absolute Gasteiger partial charge is 0.305 e. The third-order valence-electron chi connectivity index (χ3n) is 5.47. The number of carbonyl (C=O) groups is 1. The molecule has 0 fully saturated rings. The molecule has 3 atom stereocenters. The Morgan fingerprint density at radius 2 is 1.93 bits per heavy atom. The molecule has 1 aromatic heterocycles. The number of rotatable bonds is 12. The van der Waals surface area contributed by atoms with E-state index in [0.717, 1.165) is 35.0 Å². The summed E-state index contributed by atoms with van der Waals surface area (Å²) in [6.45, 7) is 4.40. The van der Waals surface area contributed by atoms with Crippen molar-refractivity contribution in [3.63, 3.8) is 0 Å². The Morgan fingerprint density at radius 3 is 2.67 bits per heavy atom. The molecule has 0 spiro atoms. The van der Waals surface area contributed by atoms with Crippen LogP contribution in [0.15, 0.2) is 36.4 Å². The summed E-state index contributed by atoms with van der Waals surface area (Å²) in [4.78, 5) is 16.1. The molecule has 30 heavy (non-hydrogen) atoms. The number of fused-ring (bicyclic) bond motifs is 1. The fraction of sp³-hybridized carbons (Fsp3) is 0.520. The highest BCUT2D eigenvalue weighted by molar-refractivity contribution is 5.81. The fourth-order valence-corrected chi connectivity index (χ4v) is 3.57. The first-order chi connectivity index (χ1) is 14.5. The predicted molar refractivity (Wildman–Crippen MR) is 121 cm³/mol. The van der Waals surface area contributed by atoms with Gasteiger partial charge in [0.1, 0.15) is 0 Å². The molecule has 164 valence electrons. The molecule has 0 aliphatic carbocycles. The number of ether oxygens (including phenoxy) is 1. The quantitative estimate of drug-likeness (QED) is 0.378. The van der Waals surface area contributed by atoms with E-state index < -0.39 is 12.2 Å². The van der Waals surface area contributed by atoms with Gasteiger partial charge in [-0.05, 0) is 42.9 Å². The molecular formula is C25H35NO4. The van der Waals surface area contributed by atoms with Crippen LogP contribution in [0.3, 0.4) is 0 Å². The Bertz CT molecular complexity index is 833. The highest BCUT2D eigenvalue weighted by atomic mass is 16.5. The second-order valence-electron chi connectivity index (χ2n) is 7.94. The van der Waals surface area contributed by atoms with E-state index in [1.54, 1.807) is 6.08 Å². The maximum Gasteiger partial charge on any atom is 0.305 e. The van der Waals surface area contributed by atoms with Gasteiger partial charge in [0.15, 0.2) is 0 Å². The lowest BCUT2D eigenvalue weighted by Gasteiger charge is -2.17. The minimum absolute atomic E-state index is 0.234. The number of unbranched alkanes of at least 4 members (excludes halogenated alkanes) is 2. The summed E-state index contributed by atoms with van der Waals surface area (Å²) in [5, 5.41) is 21.6. The Kier molecular flexibility index (Phi) is 9.98. The highest BCUT2D eigenvalue weighted by Crippen LogP contribution is 2.28. The van der Waals surface area contributed by atoms with Crippen molar-refractivity contribution >= 4 is 22.9 Å². The number of aliphatic hydroxyl groups is 2. The normalized spacial score (nSPS) is 14.7. The summed E-state index contributed by atoms with van der Waals surface area (Å²) in [5.74, 6) is -0.000832. The van der Waals surface area contributed by atoms with E-state index in [2.05, 4.69) is 24.7 Å². The topological polar surface area (TPSA) is 79.7 Å². The van der Waals surface area contributed by atoms with Gasteiger partial charge in [-0.15, -0.1) is 0 Å². The second-order valence-corrected chi connectivity index (χ2v) is 7.94. The molecule has 0 saturated heterocycles. The Hall–Kier alpha value is -2.24. The van der Waals surface area contributed by atoms with E-state index in [-0.39, 0.29) is 12.4 Å². The molecule has 2 aromatic rings. The molecule has 0 amide bonds. The summed E-state index contributed by atoms with van der Waals surface area (Å²) in [5.41, 5.74) is 2.96. The van der Waals surface area contributed by atoms with E-state index >= 15 is 0 Å². The lowest BCUT2D eigenvalue weighted by molar-refractivity contribution is -0.140. The standard InChI is InChI=1S/C25H35NO4/c1-4-5-6-10-18(2)25-20(17-19-11-7-8-12-21(19)26-25)15-16-23(28)22(27)13-9-14-24(29)30-3/h7-8,11-12,15-18,22-23,27-28H,4-6,9-10,13-14H2,1-3H3/b16-15+/t18-,22-,23+/m0/s1. The Balaban J connectivity index is 2.15. The number of para-hydroxylation sites is 1. The number of nitrogens with zero attached hydrogens (tertiary/aromatic N) is 1. The molecule has 0 radical (unpaired) electrons. The van der Waals surface area contributed by atoms with Gasteiger partial charge in [0.05, 0.1) is 30.5 Å². The molecule has 2 N–H and O–H groups in total. The van der Waals surface area contributed by atoms with E-state index in [4.69, 9.17) is 4.98 Å². The Morgan fingerprint density at radius 1 is 1.17 bits per heavy atom. The third kappa shape index (κ3) is 7.22. The summed E-state index contributed by atoms with van der Waals surface area (Å²) >= 11 is 0.